The molecule has 0 bridgehead atoms. The number of carbonyl (C=O) groups is 10. The molecule has 2 saturated heterocycles. The molecule has 2 aliphatic heterocycles. The molecule has 0 radical (unpaired) electrons. The van der Waals surface area contributed by atoms with Crippen molar-refractivity contribution >= 4 is 80.7 Å². The van der Waals surface area contributed by atoms with Crippen molar-refractivity contribution in [2.24, 2.45) is 22.9 Å². The molecular weight excluding hydrogens is 911 g/mol. The van der Waals surface area contributed by atoms with Crippen LogP contribution in [0.1, 0.15) is 56.1 Å². The number of hydrogen-bond acceptors (Lipinski definition) is 14. The molecule has 9 amide bonds. The molecule has 0 aromatic heterocycles. The van der Waals surface area contributed by atoms with Gasteiger partial charge in [-0.15, -0.1) is 0 Å². The minimum Gasteiger partial charge on any atom is -0.480 e. The van der Waals surface area contributed by atoms with Crippen LogP contribution in [-0.2, 0) is 60.8 Å². The molecule has 0 saturated carbocycles. The maximum Gasteiger partial charge on any atom is 0.326 e. The lowest BCUT2D eigenvalue weighted by atomic mass is 10.0. The highest BCUT2D eigenvalue weighted by Crippen LogP contribution is 2.26. The van der Waals surface area contributed by atoms with Gasteiger partial charge < -0.3 is 64.8 Å². The van der Waals surface area contributed by atoms with Crippen molar-refractivity contribution in [2.45, 2.75) is 106 Å². The van der Waals surface area contributed by atoms with Crippen molar-refractivity contribution in [3.8, 4) is 0 Å². The van der Waals surface area contributed by atoms with Crippen molar-refractivity contribution in [1.29, 1.82) is 0 Å². The summed E-state index contributed by atoms with van der Waals surface area (Å²) < 4.78 is 0. The van der Waals surface area contributed by atoms with E-state index in [4.69, 9.17) is 22.9 Å². The number of nitrogens with two attached hydrogens (primary N) is 4. The van der Waals surface area contributed by atoms with Crippen molar-refractivity contribution in [1.82, 2.24) is 36.8 Å². The summed E-state index contributed by atoms with van der Waals surface area (Å²) in [6, 6.07) is 6.30. The minimum absolute atomic E-state index is 0.0126. The molecule has 67 heavy (non-hydrogen) atoms. The molecule has 15 N–H and O–H groups in total. The van der Waals surface area contributed by atoms with Gasteiger partial charge in [-0.2, -0.15) is 0 Å². The zero-order chi connectivity index (χ0) is 49.0. The van der Waals surface area contributed by atoms with Gasteiger partial charge >= 0.3 is 5.97 Å². The second kappa shape index (κ2) is 26.8. The number of likely N-dealkylation sites (tertiary alicyclic amines) is 1. The van der Waals surface area contributed by atoms with Gasteiger partial charge in [0.2, 0.25) is 53.2 Å². The van der Waals surface area contributed by atoms with Crippen LogP contribution in [0.15, 0.2) is 60.7 Å². The average Bonchev–Trinajstić information content (AvgIpc) is 3.79. The molecule has 2 heterocycles. The number of aliphatic carboxylic acids is 1. The molecule has 2 aromatic rings. The molecule has 8 atom stereocenters. The minimum atomic E-state index is -1.75. The summed E-state index contributed by atoms with van der Waals surface area (Å²) in [5.74, 6) is -9.44. The van der Waals surface area contributed by atoms with Crippen LogP contribution in [0.3, 0.4) is 0 Å². The smallest absolute Gasteiger partial charge is 0.326 e. The van der Waals surface area contributed by atoms with E-state index >= 15 is 0 Å². The quantitative estimate of drug-likeness (QED) is 0.0750. The van der Waals surface area contributed by atoms with Gasteiger partial charge in [-0.05, 0) is 49.8 Å². The first-order valence-corrected chi connectivity index (χ1v) is 24.2. The summed E-state index contributed by atoms with van der Waals surface area (Å²) in [6.45, 7) is 0.236. The Morgan fingerprint density at radius 2 is 1.24 bits per heavy atom. The van der Waals surface area contributed by atoms with Crippen molar-refractivity contribution in [3.05, 3.63) is 71.8 Å². The Morgan fingerprint density at radius 1 is 0.716 bits per heavy atom. The number of rotatable bonds is 16. The highest BCUT2D eigenvalue weighted by molar-refractivity contribution is 8.76. The molecule has 4 rings (SSSR count). The second-order valence-electron chi connectivity index (χ2n) is 16.1. The van der Waals surface area contributed by atoms with E-state index in [9.17, 15) is 53.1 Å². The van der Waals surface area contributed by atoms with E-state index in [2.05, 4.69) is 31.9 Å². The lowest BCUT2D eigenvalue weighted by molar-refractivity contribution is -0.145. The lowest BCUT2D eigenvalue weighted by Gasteiger charge is -2.30. The van der Waals surface area contributed by atoms with E-state index in [1.54, 1.807) is 60.7 Å². The summed E-state index contributed by atoms with van der Waals surface area (Å²) in [5.41, 5.74) is 24.1. The van der Waals surface area contributed by atoms with Crippen LogP contribution >= 0.6 is 21.6 Å². The lowest BCUT2D eigenvalue weighted by Crippen LogP contribution is -2.61. The number of hydrogen-bond donors (Lipinski definition) is 11. The number of amides is 9. The summed E-state index contributed by atoms with van der Waals surface area (Å²) in [7, 11) is 2.08. The number of carboxylic acid groups (broad SMARTS) is 1. The van der Waals surface area contributed by atoms with Crippen LogP contribution in [0.25, 0.3) is 0 Å². The average molecular weight is 970 g/mol. The fourth-order valence-corrected chi connectivity index (χ4v) is 9.57. The second-order valence-corrected chi connectivity index (χ2v) is 18.6. The van der Waals surface area contributed by atoms with Crippen molar-refractivity contribution in [2.75, 3.05) is 24.6 Å². The number of carbonyl (C=O) groups excluding carboxylic acids is 9. The predicted molar refractivity (Wildman–Crippen MR) is 248 cm³/mol. The Balaban J connectivity index is 1.72. The molecule has 24 heteroatoms. The maximum absolute atomic E-state index is 14.4. The zero-order valence-electron chi connectivity index (χ0n) is 36.7. The van der Waals surface area contributed by atoms with Gasteiger partial charge in [0.15, 0.2) is 0 Å². The maximum atomic E-state index is 14.4. The SMILES string of the molecule is NCCC[C@H](NC(=O)[C@@H]1CCCN1C(=O)[C@@H]1CSSC[C@H](N)C(=O)N[C@@H](Cc2ccccc2)C(=O)N[C@H](Cc2ccccc2)C(=O)N[C@@H](CCC(N)=O)C(=O)N[C@@H](CC(N)=O)C(=O)N1)C(=O)O. The van der Waals surface area contributed by atoms with Crippen molar-refractivity contribution in [3.63, 3.8) is 0 Å². The van der Waals surface area contributed by atoms with Gasteiger partial charge in [0, 0.05) is 37.3 Å². The van der Waals surface area contributed by atoms with Crippen LogP contribution in [0.4, 0.5) is 0 Å². The third-order valence-corrected chi connectivity index (χ3v) is 13.3. The van der Waals surface area contributed by atoms with E-state index in [1.165, 1.54) is 4.90 Å². The van der Waals surface area contributed by atoms with E-state index in [0.717, 1.165) is 21.6 Å². The molecule has 2 aromatic carbocycles. The van der Waals surface area contributed by atoms with E-state index < -0.39 is 127 Å². The molecule has 2 aliphatic rings. The fraction of sp³-hybridized carbons (Fsp3) is 0.488. The first-order valence-electron chi connectivity index (χ1n) is 21.7. The molecule has 0 unspecified atom stereocenters. The van der Waals surface area contributed by atoms with Gasteiger partial charge in [0.05, 0.1) is 12.5 Å². The van der Waals surface area contributed by atoms with Crippen LogP contribution in [0.5, 0.6) is 0 Å². The topological polar surface area (TPSA) is 370 Å². The van der Waals surface area contributed by atoms with E-state index in [-0.39, 0.29) is 50.3 Å². The number of primary amides is 2. The fourth-order valence-electron chi connectivity index (χ4n) is 7.29. The molecular formula is C43H59N11O11S2. The van der Waals surface area contributed by atoms with E-state index in [1.807, 2.05) is 0 Å². The number of benzene rings is 2. The molecule has 0 spiro atoms. The largest absolute Gasteiger partial charge is 0.480 e. The van der Waals surface area contributed by atoms with Crippen LogP contribution in [0.2, 0.25) is 0 Å². The monoisotopic (exact) mass is 969 g/mol. The predicted octanol–water partition coefficient (Wildman–Crippen LogP) is -2.94. The van der Waals surface area contributed by atoms with Crippen molar-refractivity contribution < 1.29 is 53.1 Å². The zero-order valence-corrected chi connectivity index (χ0v) is 38.3. The van der Waals surface area contributed by atoms with Gasteiger partial charge in [-0.3, -0.25) is 43.2 Å². The highest BCUT2D eigenvalue weighted by Gasteiger charge is 2.40. The third kappa shape index (κ3) is 17.2. The van der Waals surface area contributed by atoms with Crippen LogP contribution in [0, 0.1) is 0 Å². The van der Waals surface area contributed by atoms with Gasteiger partial charge in [-0.1, -0.05) is 82.3 Å². The Labute approximate surface area is 394 Å². The van der Waals surface area contributed by atoms with Crippen LogP contribution < -0.4 is 54.8 Å². The number of carboxylic acids is 1. The van der Waals surface area contributed by atoms with E-state index in [0.29, 0.717) is 24.0 Å². The Hall–Kier alpha value is -6.24. The summed E-state index contributed by atoms with van der Waals surface area (Å²) in [5, 5.41) is 25.1. The first kappa shape index (κ1) is 53.4. The Morgan fingerprint density at radius 3 is 1.79 bits per heavy atom. The standard InChI is InChI=1S/C43H59N11O11S2/c44-17-7-13-28(43(64)65)49-41(62)33-14-8-18-54(33)42(63)32-23-67-66-22-26(45)36(57)50-29(19-24-9-3-1-4-10-24)39(60)51-30(20-25-11-5-2-6-12-25)38(59)48-27(15-16-34(46)55)37(58)52-31(21-35(47)56)40(61)53-32/h1-6,9-12,26-33H,7-8,13-23,44-45H2,(H2,46,55)(H2,47,56)(H,48,59)(H,49,62)(H,50,57)(H,51,60)(H,52,58)(H,53,61)(H,64,65)/t26-,27-,28-,29-,30+,31-,32-,33-/m0/s1. The molecule has 364 valence electrons. The Kier molecular flexibility index (Phi) is 21.3. The third-order valence-electron chi connectivity index (χ3n) is 10.8. The first-order chi connectivity index (χ1) is 32.0. The number of nitrogens with zero attached hydrogens (tertiary/aromatic N) is 1. The normalized spacial score (nSPS) is 24.1. The molecule has 2 fully saturated rings. The highest BCUT2D eigenvalue weighted by atomic mass is 33.1. The summed E-state index contributed by atoms with van der Waals surface area (Å²) in [4.78, 5) is 135. The van der Waals surface area contributed by atoms with Gasteiger partial charge in [-0.25, -0.2) is 4.79 Å². The molecule has 22 nitrogen and oxygen atoms in total. The summed E-state index contributed by atoms with van der Waals surface area (Å²) >= 11 is 0. The Bertz CT molecular complexity index is 2090. The van der Waals surface area contributed by atoms with Gasteiger partial charge in [0.1, 0.15) is 42.3 Å². The number of nitrogens with one attached hydrogen (secondary N) is 6. The summed E-state index contributed by atoms with van der Waals surface area (Å²) in [6.07, 6.45) is -0.853. The van der Waals surface area contributed by atoms with Crippen LogP contribution in [-0.4, -0.2) is 142 Å². The molecule has 0 aliphatic carbocycles. The van der Waals surface area contributed by atoms with Gasteiger partial charge in [0.25, 0.3) is 0 Å².